The smallest absolute Gasteiger partial charge is 0.251 e. The minimum absolute atomic E-state index is 0.165. The zero-order chi connectivity index (χ0) is 25.3. The molecule has 2 aliphatic rings. The Hall–Kier alpha value is -3.50. The van der Waals surface area contributed by atoms with Crippen LogP contribution in [0.5, 0.6) is 5.75 Å². The van der Waals surface area contributed by atoms with E-state index in [0.717, 1.165) is 0 Å². The van der Waals surface area contributed by atoms with Gasteiger partial charge >= 0.3 is 0 Å². The number of aromatic nitrogens is 2. The molecule has 2 heterocycles. The van der Waals surface area contributed by atoms with E-state index in [1.165, 1.54) is 18.2 Å². The maximum atomic E-state index is 14.1. The maximum absolute atomic E-state index is 14.1. The first kappa shape index (κ1) is 24.6. The molecule has 4 rings (SSSR count). The molecule has 35 heavy (non-hydrogen) atoms. The van der Waals surface area contributed by atoms with Crippen molar-refractivity contribution in [3.05, 3.63) is 30.0 Å². The lowest BCUT2D eigenvalue weighted by Gasteiger charge is -2.43. The molecule has 1 aliphatic carbocycles. The lowest BCUT2D eigenvalue weighted by atomic mass is 10.0. The predicted molar refractivity (Wildman–Crippen MR) is 129 cm³/mol. The lowest BCUT2D eigenvalue weighted by Crippen LogP contribution is -2.55. The Morgan fingerprint density at radius 1 is 1.31 bits per heavy atom. The molecule has 9 nitrogen and oxygen atoms in total. The molecule has 2 atom stereocenters. The highest BCUT2D eigenvalue weighted by molar-refractivity contribution is 6.04. The Kier molecular flexibility index (Phi) is 6.77. The summed E-state index contributed by atoms with van der Waals surface area (Å²) in [6.07, 6.45) is 1.73. The topological polar surface area (TPSA) is 99.7 Å². The molecule has 2 N–H and O–H groups in total. The Morgan fingerprint density at radius 3 is 2.71 bits per heavy atom. The number of anilines is 4. The minimum atomic E-state index is -2.76. The number of carbonyl (C=O) groups is 2. The summed E-state index contributed by atoms with van der Waals surface area (Å²) in [4.78, 5) is 37.4. The number of alkyl halides is 2. The van der Waals surface area contributed by atoms with Gasteiger partial charge in [0.15, 0.2) is 5.82 Å². The molecule has 1 aromatic carbocycles. The average molecular weight is 489 g/mol. The van der Waals surface area contributed by atoms with E-state index >= 15 is 0 Å². The summed E-state index contributed by atoms with van der Waals surface area (Å²) in [6, 6.07) is 3.87. The number of hydrogen-bond donors (Lipinski definition) is 2. The van der Waals surface area contributed by atoms with Gasteiger partial charge < -0.3 is 25.2 Å². The third kappa shape index (κ3) is 4.71. The van der Waals surface area contributed by atoms with Gasteiger partial charge in [-0.05, 0) is 38.0 Å². The molecule has 1 saturated carbocycles. The highest BCUT2D eigenvalue weighted by Gasteiger charge is 2.48. The van der Waals surface area contributed by atoms with E-state index < -0.39 is 18.0 Å². The van der Waals surface area contributed by atoms with Crippen LogP contribution in [0, 0.1) is 0 Å². The molecule has 0 spiro atoms. The zero-order valence-electron chi connectivity index (χ0n) is 20.3. The molecule has 0 radical (unpaired) electrons. The molecule has 1 aromatic heterocycles. The summed E-state index contributed by atoms with van der Waals surface area (Å²) in [7, 11) is 3.13. The van der Waals surface area contributed by atoms with Crippen molar-refractivity contribution in [2.24, 2.45) is 0 Å². The Bertz CT molecular complexity index is 1130. The second kappa shape index (κ2) is 9.63. The quantitative estimate of drug-likeness (QED) is 0.613. The minimum Gasteiger partial charge on any atom is -0.495 e. The maximum Gasteiger partial charge on any atom is 0.251 e. The van der Waals surface area contributed by atoms with Crippen molar-refractivity contribution < 1.29 is 23.1 Å². The summed E-state index contributed by atoms with van der Waals surface area (Å²) in [6.45, 7) is 4.20. The zero-order valence-corrected chi connectivity index (χ0v) is 20.3. The van der Waals surface area contributed by atoms with Crippen LogP contribution >= 0.6 is 0 Å². The van der Waals surface area contributed by atoms with Crippen molar-refractivity contribution in [1.29, 1.82) is 0 Å². The fraction of sp³-hybridized carbons (Fsp3) is 0.500. The van der Waals surface area contributed by atoms with E-state index in [0.29, 0.717) is 41.5 Å². The van der Waals surface area contributed by atoms with Crippen LogP contribution in [0.25, 0.3) is 0 Å². The van der Waals surface area contributed by atoms with Gasteiger partial charge in [-0.1, -0.05) is 6.92 Å². The van der Waals surface area contributed by atoms with E-state index in [4.69, 9.17) is 4.74 Å². The number of methoxy groups -OCH3 is 1. The highest BCUT2D eigenvalue weighted by Crippen LogP contribution is 2.44. The third-order valence-electron chi connectivity index (χ3n) is 6.51. The summed E-state index contributed by atoms with van der Waals surface area (Å²) in [5.41, 5.74) is 1.45. The number of benzene rings is 1. The van der Waals surface area contributed by atoms with Crippen LogP contribution in [-0.2, 0) is 4.79 Å². The molecule has 188 valence electrons. The standard InChI is InChI=1S/C24H30F2N6O3/c1-5-17-22(34)31(3)18-13-28-23(30-20(18)32(17)15-9-10-24(25,26)12-15)29-16-8-7-14(11-19(16)35-4)21(33)27-6-2/h7-8,11,13,15,17H,5-6,9-10,12H2,1-4H3,(H,27,33)(H,28,29,30)/t15-,17-/m1/s1. The van der Waals surface area contributed by atoms with Crippen LogP contribution in [0.1, 0.15) is 49.9 Å². The van der Waals surface area contributed by atoms with Gasteiger partial charge in [-0.2, -0.15) is 4.98 Å². The van der Waals surface area contributed by atoms with Gasteiger partial charge in [-0.15, -0.1) is 0 Å². The van der Waals surface area contributed by atoms with Gasteiger partial charge in [0.25, 0.3) is 5.91 Å². The Morgan fingerprint density at radius 2 is 2.09 bits per heavy atom. The Balaban J connectivity index is 1.69. The first-order chi connectivity index (χ1) is 16.7. The average Bonchev–Trinajstić information content (AvgIpc) is 3.20. The summed E-state index contributed by atoms with van der Waals surface area (Å²) in [5.74, 6) is -2.06. The highest BCUT2D eigenvalue weighted by atomic mass is 19.3. The van der Waals surface area contributed by atoms with Gasteiger partial charge in [0.1, 0.15) is 17.5 Å². The second-order valence-corrected chi connectivity index (χ2v) is 8.78. The van der Waals surface area contributed by atoms with Crippen LogP contribution in [0.2, 0.25) is 0 Å². The first-order valence-corrected chi connectivity index (χ1v) is 11.7. The van der Waals surface area contributed by atoms with E-state index in [1.54, 1.807) is 30.1 Å². The monoisotopic (exact) mass is 488 g/mol. The number of likely N-dealkylation sites (N-methyl/N-ethyl adjacent to an activating group) is 1. The van der Waals surface area contributed by atoms with Crippen LogP contribution < -0.4 is 25.2 Å². The van der Waals surface area contributed by atoms with Crippen molar-refractivity contribution in [1.82, 2.24) is 15.3 Å². The molecule has 0 unspecified atom stereocenters. The molecule has 2 aromatic rings. The molecule has 1 fully saturated rings. The molecule has 0 saturated heterocycles. The predicted octanol–water partition coefficient (Wildman–Crippen LogP) is 3.73. The molecule has 2 amide bonds. The summed E-state index contributed by atoms with van der Waals surface area (Å²) >= 11 is 0. The fourth-order valence-corrected chi connectivity index (χ4v) is 4.74. The van der Waals surface area contributed by atoms with Crippen molar-refractivity contribution in [3.63, 3.8) is 0 Å². The van der Waals surface area contributed by atoms with E-state index in [-0.39, 0.29) is 37.0 Å². The second-order valence-electron chi connectivity index (χ2n) is 8.78. The number of rotatable bonds is 7. The van der Waals surface area contributed by atoms with Gasteiger partial charge in [-0.3, -0.25) is 9.59 Å². The number of nitrogens with zero attached hydrogens (tertiary/aromatic N) is 4. The van der Waals surface area contributed by atoms with Crippen molar-refractivity contribution >= 4 is 35.0 Å². The fourth-order valence-electron chi connectivity index (χ4n) is 4.74. The van der Waals surface area contributed by atoms with Crippen LogP contribution in [0.15, 0.2) is 24.4 Å². The van der Waals surface area contributed by atoms with Crippen LogP contribution in [0.4, 0.5) is 31.9 Å². The molecule has 1 aliphatic heterocycles. The van der Waals surface area contributed by atoms with E-state index in [1.807, 2.05) is 13.8 Å². The van der Waals surface area contributed by atoms with Gasteiger partial charge in [0, 0.05) is 38.0 Å². The van der Waals surface area contributed by atoms with Gasteiger partial charge in [0.05, 0.1) is 19.0 Å². The molecular formula is C24H30F2N6O3. The molecular weight excluding hydrogens is 458 g/mol. The SMILES string of the molecule is CCNC(=O)c1ccc(Nc2ncc3c(n2)N([C@@H]2CCC(F)(F)C2)[C@H](CC)C(=O)N3C)c(OC)c1. The number of carbonyl (C=O) groups excluding carboxylic acids is 2. The normalized spacial score (nSPS) is 21.0. The number of fused-ring (bicyclic) bond motifs is 1. The summed E-state index contributed by atoms with van der Waals surface area (Å²) < 4.78 is 33.7. The first-order valence-electron chi connectivity index (χ1n) is 11.7. The number of ether oxygens (including phenoxy) is 1. The summed E-state index contributed by atoms with van der Waals surface area (Å²) in [5, 5.41) is 5.84. The van der Waals surface area contributed by atoms with Gasteiger partial charge in [-0.25, -0.2) is 13.8 Å². The van der Waals surface area contributed by atoms with Crippen LogP contribution in [-0.4, -0.2) is 60.5 Å². The molecule has 0 bridgehead atoms. The van der Waals surface area contributed by atoms with E-state index in [2.05, 4.69) is 20.6 Å². The van der Waals surface area contributed by atoms with Crippen molar-refractivity contribution in [2.75, 3.05) is 35.8 Å². The third-order valence-corrected chi connectivity index (χ3v) is 6.51. The van der Waals surface area contributed by atoms with E-state index in [9.17, 15) is 18.4 Å². The van der Waals surface area contributed by atoms with Crippen LogP contribution in [0.3, 0.4) is 0 Å². The largest absolute Gasteiger partial charge is 0.495 e. The number of halogens is 2. The number of nitrogens with one attached hydrogen (secondary N) is 2. The van der Waals surface area contributed by atoms with Crippen molar-refractivity contribution in [2.45, 2.75) is 57.5 Å². The molecule has 11 heteroatoms. The van der Waals surface area contributed by atoms with Gasteiger partial charge in [0.2, 0.25) is 17.8 Å². The Labute approximate surface area is 202 Å². The number of hydrogen-bond acceptors (Lipinski definition) is 7. The lowest BCUT2D eigenvalue weighted by molar-refractivity contribution is -0.120. The number of amides is 2. The van der Waals surface area contributed by atoms with Crippen molar-refractivity contribution in [3.8, 4) is 5.75 Å².